The summed E-state index contributed by atoms with van der Waals surface area (Å²) in [5.41, 5.74) is 13.1. The Balaban J connectivity index is 1.20. The zero-order valence-electron chi connectivity index (χ0n) is 27.7. The van der Waals surface area contributed by atoms with Crippen LogP contribution >= 0.6 is 0 Å². The topological polar surface area (TPSA) is 14.8 Å². The highest BCUT2D eigenvalue weighted by atomic mass is 15.0. The number of benzene rings is 8. The van der Waals surface area contributed by atoms with Crippen LogP contribution in [-0.4, -0.2) is 13.7 Å². The van der Waals surface area contributed by atoms with Crippen LogP contribution in [0.4, 0.5) is 0 Å². The Bertz CT molecular complexity index is 3110. The van der Waals surface area contributed by atoms with Crippen LogP contribution in [0.2, 0.25) is 0 Å². The van der Waals surface area contributed by atoms with Crippen LogP contribution in [0.3, 0.4) is 0 Å². The van der Waals surface area contributed by atoms with E-state index >= 15 is 0 Å². The largest absolute Gasteiger partial charge is 0.309 e. The predicted octanol–water partition coefficient (Wildman–Crippen LogP) is 12.6. The lowest BCUT2D eigenvalue weighted by molar-refractivity contribution is 1.17. The zero-order valence-corrected chi connectivity index (χ0v) is 27.7. The molecule has 3 heterocycles. The van der Waals surface area contributed by atoms with Crippen LogP contribution in [-0.2, 0) is 0 Å². The van der Waals surface area contributed by atoms with Crippen molar-refractivity contribution in [1.82, 2.24) is 13.7 Å². The average molecular weight is 650 g/mol. The molecule has 0 atom stereocenters. The Hall–Kier alpha value is -6.84. The van der Waals surface area contributed by atoms with E-state index in [2.05, 4.69) is 202 Å². The molecule has 0 aliphatic carbocycles. The minimum absolute atomic E-state index is 1.15. The van der Waals surface area contributed by atoms with Gasteiger partial charge in [-0.2, -0.15) is 0 Å². The van der Waals surface area contributed by atoms with Crippen LogP contribution < -0.4 is 0 Å². The highest BCUT2D eigenvalue weighted by Crippen LogP contribution is 2.41. The van der Waals surface area contributed by atoms with E-state index in [0.29, 0.717) is 0 Å². The number of para-hydroxylation sites is 5. The molecule has 3 nitrogen and oxygen atoms in total. The van der Waals surface area contributed by atoms with E-state index in [0.717, 1.165) is 5.69 Å². The van der Waals surface area contributed by atoms with Crippen molar-refractivity contribution in [1.29, 1.82) is 0 Å². The molecule has 8 aromatic carbocycles. The molecule has 0 fully saturated rings. The molecule has 3 aromatic heterocycles. The molecule has 0 bridgehead atoms. The molecule has 3 heteroatoms. The fourth-order valence-corrected chi connectivity index (χ4v) is 8.37. The summed E-state index contributed by atoms with van der Waals surface area (Å²) >= 11 is 0. The second kappa shape index (κ2) is 10.8. The molecule has 0 radical (unpaired) electrons. The van der Waals surface area contributed by atoms with Crippen molar-refractivity contribution < 1.29 is 0 Å². The first-order valence-electron chi connectivity index (χ1n) is 17.5. The van der Waals surface area contributed by atoms with Gasteiger partial charge in [-0.25, -0.2) is 0 Å². The number of nitrogens with zero attached hydrogens (tertiary/aromatic N) is 3. The number of fused-ring (bicyclic) bond motifs is 9. The Morgan fingerprint density at radius 1 is 0.216 bits per heavy atom. The van der Waals surface area contributed by atoms with Crippen molar-refractivity contribution in [3.05, 3.63) is 188 Å². The first-order valence-corrected chi connectivity index (χ1v) is 17.5. The van der Waals surface area contributed by atoms with Crippen molar-refractivity contribution in [3.8, 4) is 28.2 Å². The van der Waals surface area contributed by atoms with Gasteiger partial charge in [-0.15, -0.1) is 0 Å². The fourth-order valence-electron chi connectivity index (χ4n) is 8.37. The third kappa shape index (κ3) is 4.12. The van der Waals surface area contributed by atoms with Gasteiger partial charge in [0.2, 0.25) is 0 Å². The Morgan fingerprint density at radius 3 is 0.980 bits per heavy atom. The SMILES string of the molecule is c1ccc(-n2c3ccccc3c3ccc(-c4ccc5c6cc7c(cc6n(-c6ccccc6)c5c4)c4ccccc4n7-c4ccccc4)cc32)cc1. The second-order valence-electron chi connectivity index (χ2n) is 13.4. The standard InChI is InChI=1S/C48H31N3/c1-4-14-34(15-5-1)49-43-22-12-10-20-37(43)39-26-24-32(28-45(39)49)33-25-27-40-42-31-47-41(30-48(42)51(46(40)29-33)36-18-8-3-9-19-36)38-21-11-13-23-44(38)50(47)35-16-6-2-7-17-35/h1-31H. The van der Waals surface area contributed by atoms with Gasteiger partial charge in [0.25, 0.3) is 0 Å². The summed E-state index contributed by atoms with van der Waals surface area (Å²) in [6.07, 6.45) is 0. The summed E-state index contributed by atoms with van der Waals surface area (Å²) in [5, 5.41) is 7.51. The molecule has 0 saturated carbocycles. The summed E-state index contributed by atoms with van der Waals surface area (Å²) in [5.74, 6) is 0. The summed E-state index contributed by atoms with van der Waals surface area (Å²) < 4.78 is 7.25. The second-order valence-corrected chi connectivity index (χ2v) is 13.4. The normalized spacial score (nSPS) is 11.9. The Kier molecular flexibility index (Phi) is 5.96. The predicted molar refractivity (Wildman–Crippen MR) is 215 cm³/mol. The van der Waals surface area contributed by atoms with E-state index in [1.807, 2.05) is 0 Å². The Labute approximate surface area is 294 Å². The quantitative estimate of drug-likeness (QED) is 0.180. The van der Waals surface area contributed by atoms with Crippen LogP contribution in [0, 0.1) is 0 Å². The molecule has 238 valence electrons. The third-order valence-corrected chi connectivity index (χ3v) is 10.6. The molecule has 0 unspecified atom stereocenters. The van der Waals surface area contributed by atoms with Gasteiger partial charge < -0.3 is 13.7 Å². The number of rotatable bonds is 4. The summed E-state index contributed by atoms with van der Waals surface area (Å²) in [7, 11) is 0. The molecule has 11 rings (SSSR count). The molecule has 0 aliphatic rings. The van der Waals surface area contributed by atoms with Gasteiger partial charge in [0.15, 0.2) is 0 Å². The molecule has 0 amide bonds. The molecule has 51 heavy (non-hydrogen) atoms. The van der Waals surface area contributed by atoms with Gasteiger partial charge in [0.1, 0.15) is 0 Å². The van der Waals surface area contributed by atoms with Crippen molar-refractivity contribution in [2.45, 2.75) is 0 Å². The molecule has 0 aliphatic heterocycles. The molecule has 0 spiro atoms. The van der Waals surface area contributed by atoms with Crippen LogP contribution in [0.15, 0.2) is 188 Å². The van der Waals surface area contributed by atoms with Crippen molar-refractivity contribution in [2.24, 2.45) is 0 Å². The first-order chi connectivity index (χ1) is 25.3. The highest BCUT2D eigenvalue weighted by molar-refractivity contribution is 6.19. The summed E-state index contributed by atoms with van der Waals surface area (Å²) in [6.45, 7) is 0. The maximum Gasteiger partial charge on any atom is 0.0548 e. The molecule has 11 aromatic rings. The van der Waals surface area contributed by atoms with E-state index in [-0.39, 0.29) is 0 Å². The average Bonchev–Trinajstić information content (AvgIpc) is 3.82. The first kappa shape index (κ1) is 28.0. The van der Waals surface area contributed by atoms with E-state index < -0.39 is 0 Å². The minimum Gasteiger partial charge on any atom is -0.309 e. The van der Waals surface area contributed by atoms with E-state index in [1.165, 1.54) is 87.9 Å². The number of hydrogen-bond donors (Lipinski definition) is 0. The third-order valence-electron chi connectivity index (χ3n) is 10.6. The van der Waals surface area contributed by atoms with Crippen LogP contribution in [0.1, 0.15) is 0 Å². The monoisotopic (exact) mass is 649 g/mol. The van der Waals surface area contributed by atoms with Gasteiger partial charge in [0, 0.05) is 49.4 Å². The minimum atomic E-state index is 1.15. The van der Waals surface area contributed by atoms with Gasteiger partial charge in [-0.05, 0) is 83.9 Å². The number of hydrogen-bond acceptors (Lipinski definition) is 0. The van der Waals surface area contributed by atoms with Crippen molar-refractivity contribution in [3.63, 3.8) is 0 Å². The highest BCUT2D eigenvalue weighted by Gasteiger charge is 2.19. The molecule has 0 N–H and O–H groups in total. The molecular weight excluding hydrogens is 619 g/mol. The lowest BCUT2D eigenvalue weighted by Gasteiger charge is -2.10. The van der Waals surface area contributed by atoms with E-state index in [1.54, 1.807) is 0 Å². The van der Waals surface area contributed by atoms with Gasteiger partial charge in [-0.3, -0.25) is 0 Å². The maximum atomic E-state index is 2.45. The fraction of sp³-hybridized carbons (Fsp3) is 0. The lowest BCUT2D eigenvalue weighted by atomic mass is 10.0. The smallest absolute Gasteiger partial charge is 0.0548 e. The molecular formula is C48H31N3. The van der Waals surface area contributed by atoms with Crippen LogP contribution in [0.5, 0.6) is 0 Å². The maximum absolute atomic E-state index is 2.45. The summed E-state index contributed by atoms with van der Waals surface area (Å²) in [4.78, 5) is 0. The molecule has 0 saturated heterocycles. The number of aromatic nitrogens is 3. The lowest BCUT2D eigenvalue weighted by Crippen LogP contribution is -1.94. The Morgan fingerprint density at radius 2 is 0.529 bits per heavy atom. The van der Waals surface area contributed by atoms with Gasteiger partial charge >= 0.3 is 0 Å². The van der Waals surface area contributed by atoms with Crippen molar-refractivity contribution >= 4 is 65.4 Å². The van der Waals surface area contributed by atoms with Gasteiger partial charge in [0.05, 0.1) is 33.1 Å². The van der Waals surface area contributed by atoms with Gasteiger partial charge in [-0.1, -0.05) is 115 Å². The zero-order chi connectivity index (χ0) is 33.5. The van der Waals surface area contributed by atoms with Crippen LogP contribution in [0.25, 0.3) is 93.6 Å². The summed E-state index contributed by atoms with van der Waals surface area (Å²) in [6, 6.07) is 68.4. The van der Waals surface area contributed by atoms with E-state index in [9.17, 15) is 0 Å². The van der Waals surface area contributed by atoms with E-state index in [4.69, 9.17) is 0 Å². The van der Waals surface area contributed by atoms with Crippen molar-refractivity contribution in [2.75, 3.05) is 0 Å².